The fraction of sp³-hybridized carbons (Fsp3) is 0.231. The van der Waals surface area contributed by atoms with E-state index < -0.39 is 0 Å². The Balaban J connectivity index is 1.41. The predicted octanol–water partition coefficient (Wildman–Crippen LogP) is 5.01. The maximum Gasteiger partial charge on any atom is 0.234 e. The number of aryl methyl sites for hydroxylation is 1. The molecule has 0 saturated carbocycles. The van der Waals surface area contributed by atoms with Crippen molar-refractivity contribution in [2.75, 3.05) is 23.4 Å². The molecule has 3 aromatic carbocycles. The number of amides is 2. The molecule has 5 heteroatoms. The number of rotatable bonds is 10. The molecule has 0 heterocycles. The molecule has 0 saturated heterocycles. The Hall–Kier alpha value is -3.05. The third kappa shape index (κ3) is 7.61. The topological polar surface area (TPSA) is 58.2 Å². The van der Waals surface area contributed by atoms with Crippen molar-refractivity contribution in [1.29, 1.82) is 0 Å². The lowest BCUT2D eigenvalue weighted by atomic mass is 9.88. The van der Waals surface area contributed by atoms with Crippen molar-refractivity contribution in [2.45, 2.75) is 19.3 Å². The molecular formula is C26H28N2O2S. The Morgan fingerprint density at radius 2 is 1.42 bits per heavy atom. The minimum atomic E-state index is -0.100. The summed E-state index contributed by atoms with van der Waals surface area (Å²) >= 11 is 1.32. The van der Waals surface area contributed by atoms with Crippen molar-refractivity contribution in [3.05, 3.63) is 102 Å². The van der Waals surface area contributed by atoms with Gasteiger partial charge in [-0.25, -0.2) is 0 Å². The molecule has 0 aliphatic carbocycles. The highest BCUT2D eigenvalue weighted by atomic mass is 32.2. The molecule has 0 atom stereocenters. The summed E-state index contributed by atoms with van der Waals surface area (Å²) in [5, 5.41) is 5.85. The number of benzene rings is 3. The van der Waals surface area contributed by atoms with Crippen LogP contribution in [-0.2, 0) is 9.59 Å². The van der Waals surface area contributed by atoms with E-state index in [4.69, 9.17) is 0 Å². The molecule has 160 valence electrons. The van der Waals surface area contributed by atoms with Crippen LogP contribution in [0.25, 0.3) is 0 Å². The molecule has 3 rings (SSSR count). The van der Waals surface area contributed by atoms with Crippen LogP contribution in [0.4, 0.5) is 5.69 Å². The Morgan fingerprint density at radius 3 is 2.03 bits per heavy atom. The fourth-order valence-electron chi connectivity index (χ4n) is 3.46. The highest BCUT2D eigenvalue weighted by Crippen LogP contribution is 2.27. The van der Waals surface area contributed by atoms with Crippen molar-refractivity contribution in [1.82, 2.24) is 5.32 Å². The largest absolute Gasteiger partial charge is 0.355 e. The van der Waals surface area contributed by atoms with Crippen molar-refractivity contribution >= 4 is 29.3 Å². The number of carbonyl (C=O) groups excluding carboxylic acids is 2. The van der Waals surface area contributed by atoms with E-state index in [2.05, 4.69) is 34.9 Å². The van der Waals surface area contributed by atoms with Gasteiger partial charge in [0.05, 0.1) is 11.5 Å². The smallest absolute Gasteiger partial charge is 0.234 e. The number of hydrogen-bond acceptors (Lipinski definition) is 3. The van der Waals surface area contributed by atoms with E-state index in [1.807, 2.05) is 67.6 Å². The molecular weight excluding hydrogens is 404 g/mol. The van der Waals surface area contributed by atoms with Crippen LogP contribution in [0.5, 0.6) is 0 Å². The van der Waals surface area contributed by atoms with Gasteiger partial charge in [0.2, 0.25) is 11.8 Å². The number of carbonyl (C=O) groups is 2. The minimum absolute atomic E-state index is 0.0479. The average molecular weight is 433 g/mol. The number of nitrogens with one attached hydrogen (secondary N) is 2. The molecule has 0 radical (unpaired) electrons. The molecule has 0 aliphatic heterocycles. The van der Waals surface area contributed by atoms with Crippen LogP contribution in [0.3, 0.4) is 0 Å². The van der Waals surface area contributed by atoms with E-state index in [0.29, 0.717) is 6.54 Å². The lowest BCUT2D eigenvalue weighted by Crippen LogP contribution is -2.28. The van der Waals surface area contributed by atoms with Gasteiger partial charge in [-0.1, -0.05) is 72.8 Å². The van der Waals surface area contributed by atoms with Crippen molar-refractivity contribution in [2.24, 2.45) is 0 Å². The number of thioether (sulfide) groups is 1. The molecule has 2 amide bonds. The Kier molecular flexibility index (Phi) is 8.73. The van der Waals surface area contributed by atoms with Crippen LogP contribution in [0.2, 0.25) is 0 Å². The SMILES string of the molecule is Cc1cccc(NC(=O)CSCC(=O)NCCC(c2ccccc2)c2ccccc2)c1. The van der Waals surface area contributed by atoms with Crippen LogP contribution >= 0.6 is 11.8 Å². The second kappa shape index (κ2) is 12.0. The van der Waals surface area contributed by atoms with Gasteiger partial charge in [0.25, 0.3) is 0 Å². The first-order valence-electron chi connectivity index (χ1n) is 10.4. The predicted molar refractivity (Wildman–Crippen MR) is 129 cm³/mol. The fourth-order valence-corrected chi connectivity index (χ4v) is 4.11. The summed E-state index contributed by atoms with van der Waals surface area (Å²) in [7, 11) is 0. The first-order chi connectivity index (χ1) is 15.1. The van der Waals surface area contributed by atoms with Gasteiger partial charge in [0.15, 0.2) is 0 Å². The van der Waals surface area contributed by atoms with E-state index >= 15 is 0 Å². The molecule has 4 nitrogen and oxygen atoms in total. The van der Waals surface area contributed by atoms with Gasteiger partial charge in [-0.3, -0.25) is 9.59 Å². The maximum atomic E-state index is 12.2. The van der Waals surface area contributed by atoms with Crippen molar-refractivity contribution in [3.63, 3.8) is 0 Å². The maximum absolute atomic E-state index is 12.2. The molecule has 0 aliphatic rings. The van der Waals surface area contributed by atoms with E-state index in [9.17, 15) is 9.59 Å². The van der Waals surface area contributed by atoms with Gasteiger partial charge in [-0.05, 0) is 42.2 Å². The van der Waals surface area contributed by atoms with Crippen LogP contribution in [0.15, 0.2) is 84.9 Å². The summed E-state index contributed by atoms with van der Waals surface area (Å²) in [6.45, 7) is 2.57. The zero-order valence-corrected chi connectivity index (χ0v) is 18.5. The molecule has 2 N–H and O–H groups in total. The Labute approximate surface area is 188 Å². The average Bonchev–Trinajstić information content (AvgIpc) is 2.78. The summed E-state index contributed by atoms with van der Waals surface area (Å²) in [4.78, 5) is 24.3. The van der Waals surface area contributed by atoms with E-state index in [1.165, 1.54) is 22.9 Å². The molecule has 31 heavy (non-hydrogen) atoms. The highest BCUT2D eigenvalue weighted by molar-refractivity contribution is 8.00. The van der Waals surface area contributed by atoms with Gasteiger partial charge in [-0.2, -0.15) is 0 Å². The summed E-state index contributed by atoms with van der Waals surface area (Å²) in [6, 6.07) is 28.4. The lowest BCUT2D eigenvalue weighted by molar-refractivity contribution is -0.118. The normalized spacial score (nSPS) is 10.6. The molecule has 0 fully saturated rings. The minimum Gasteiger partial charge on any atom is -0.355 e. The highest BCUT2D eigenvalue weighted by Gasteiger charge is 2.14. The van der Waals surface area contributed by atoms with Crippen LogP contribution in [-0.4, -0.2) is 29.9 Å². The quantitative estimate of drug-likeness (QED) is 0.474. The second-order valence-electron chi connectivity index (χ2n) is 7.42. The summed E-state index contributed by atoms with van der Waals surface area (Å²) in [6.07, 6.45) is 0.818. The van der Waals surface area contributed by atoms with Crippen molar-refractivity contribution < 1.29 is 9.59 Å². The van der Waals surface area contributed by atoms with Crippen LogP contribution in [0, 0.1) is 6.92 Å². The summed E-state index contributed by atoms with van der Waals surface area (Å²) < 4.78 is 0. The zero-order chi connectivity index (χ0) is 21.9. The lowest BCUT2D eigenvalue weighted by Gasteiger charge is -2.18. The van der Waals surface area contributed by atoms with Gasteiger partial charge in [-0.15, -0.1) is 11.8 Å². The van der Waals surface area contributed by atoms with Crippen LogP contribution < -0.4 is 10.6 Å². The zero-order valence-electron chi connectivity index (χ0n) is 17.7. The number of hydrogen-bond donors (Lipinski definition) is 2. The molecule has 0 spiro atoms. The van der Waals surface area contributed by atoms with Crippen LogP contribution in [0.1, 0.15) is 29.0 Å². The van der Waals surface area contributed by atoms with Gasteiger partial charge >= 0.3 is 0 Å². The van der Waals surface area contributed by atoms with Crippen molar-refractivity contribution in [3.8, 4) is 0 Å². The van der Waals surface area contributed by atoms with Gasteiger partial charge in [0.1, 0.15) is 0 Å². The summed E-state index contributed by atoms with van der Waals surface area (Å²) in [5.41, 5.74) is 4.35. The first kappa shape index (κ1) is 22.6. The van der Waals surface area contributed by atoms with Gasteiger partial charge in [0, 0.05) is 18.2 Å². The molecule has 0 bridgehead atoms. The van der Waals surface area contributed by atoms with E-state index in [1.54, 1.807) is 0 Å². The summed E-state index contributed by atoms with van der Waals surface area (Å²) in [5.74, 6) is 0.598. The monoisotopic (exact) mass is 432 g/mol. The third-order valence-electron chi connectivity index (χ3n) is 4.93. The molecule has 0 unspecified atom stereocenters. The van der Waals surface area contributed by atoms with E-state index in [-0.39, 0.29) is 29.2 Å². The second-order valence-corrected chi connectivity index (χ2v) is 8.41. The Morgan fingerprint density at radius 1 is 0.806 bits per heavy atom. The standard InChI is InChI=1S/C26H28N2O2S/c1-20-9-8-14-23(17-20)28-26(30)19-31-18-25(29)27-16-15-24(21-10-4-2-5-11-21)22-12-6-3-7-13-22/h2-14,17,24H,15-16,18-19H2,1H3,(H,27,29)(H,28,30). The van der Waals surface area contributed by atoms with Gasteiger partial charge < -0.3 is 10.6 Å². The first-order valence-corrected chi connectivity index (χ1v) is 11.6. The third-order valence-corrected chi connectivity index (χ3v) is 5.86. The Bertz CT molecular complexity index is 937. The molecule has 3 aromatic rings. The number of anilines is 1. The van der Waals surface area contributed by atoms with E-state index in [0.717, 1.165) is 17.7 Å². The molecule has 0 aromatic heterocycles.